The molecule has 1 unspecified atom stereocenters. The van der Waals surface area contributed by atoms with Gasteiger partial charge in [0.1, 0.15) is 5.82 Å². The predicted octanol–water partition coefficient (Wildman–Crippen LogP) is 5.42. The summed E-state index contributed by atoms with van der Waals surface area (Å²) in [5.74, 6) is 0.0430. The summed E-state index contributed by atoms with van der Waals surface area (Å²) >= 11 is 11.7. The minimum absolute atomic E-state index is 0.0244. The molecule has 0 heterocycles. The highest BCUT2D eigenvalue weighted by Gasteiger charge is 2.18. The van der Waals surface area contributed by atoms with Crippen LogP contribution in [0.2, 0.25) is 10.0 Å². The fraction of sp³-hybridized carbons (Fsp3) is 0.316. The number of amides is 1. The number of benzene rings is 2. The van der Waals surface area contributed by atoms with Gasteiger partial charge in [0.2, 0.25) is 0 Å². The van der Waals surface area contributed by atoms with Gasteiger partial charge in [-0.15, -0.1) is 0 Å². The van der Waals surface area contributed by atoms with Crippen molar-refractivity contribution in [3.8, 4) is 11.5 Å². The van der Waals surface area contributed by atoms with Gasteiger partial charge in [0, 0.05) is 0 Å². The number of halogens is 3. The maximum atomic E-state index is 13.6. The van der Waals surface area contributed by atoms with Crippen LogP contribution in [0.5, 0.6) is 11.5 Å². The standard InChI is InChI=1S/C19H20Cl2FNO3/c1-4-25-17-7-6-12(8-18(17)26-5-2)11(3)23-19(24)13-9-16(22)15(21)10-14(13)20/h6-11H,4-5H2,1-3H3,(H,23,24). The smallest absolute Gasteiger partial charge is 0.253 e. The first-order valence-corrected chi connectivity index (χ1v) is 8.97. The van der Waals surface area contributed by atoms with Crippen molar-refractivity contribution >= 4 is 29.1 Å². The third-order valence-corrected chi connectivity index (χ3v) is 4.27. The van der Waals surface area contributed by atoms with E-state index in [0.717, 1.165) is 11.6 Å². The molecule has 0 aromatic heterocycles. The largest absolute Gasteiger partial charge is 0.490 e. The highest BCUT2D eigenvalue weighted by atomic mass is 35.5. The summed E-state index contributed by atoms with van der Waals surface area (Å²) in [7, 11) is 0. The van der Waals surface area contributed by atoms with Gasteiger partial charge in [0.05, 0.1) is 34.9 Å². The lowest BCUT2D eigenvalue weighted by molar-refractivity contribution is 0.0939. The molecule has 0 bridgehead atoms. The molecule has 0 saturated carbocycles. The fourth-order valence-corrected chi connectivity index (χ4v) is 2.86. The molecule has 0 fully saturated rings. The van der Waals surface area contributed by atoms with Crippen molar-refractivity contribution in [2.45, 2.75) is 26.8 Å². The molecule has 0 aliphatic heterocycles. The van der Waals surface area contributed by atoms with Crippen LogP contribution >= 0.6 is 23.2 Å². The van der Waals surface area contributed by atoms with Crippen LogP contribution in [-0.4, -0.2) is 19.1 Å². The summed E-state index contributed by atoms with van der Waals surface area (Å²) in [6.07, 6.45) is 0. The first-order chi connectivity index (χ1) is 12.4. The second kappa shape index (κ2) is 9.10. The highest BCUT2D eigenvalue weighted by molar-refractivity contribution is 6.36. The van der Waals surface area contributed by atoms with Crippen LogP contribution in [0.3, 0.4) is 0 Å². The third kappa shape index (κ3) is 4.80. The van der Waals surface area contributed by atoms with Crippen LogP contribution in [0, 0.1) is 5.82 Å². The van der Waals surface area contributed by atoms with E-state index in [1.807, 2.05) is 32.9 Å². The zero-order valence-corrected chi connectivity index (χ0v) is 16.2. The Hall–Kier alpha value is -1.98. The summed E-state index contributed by atoms with van der Waals surface area (Å²) in [6.45, 7) is 6.59. The Bertz CT molecular complexity index is 799. The number of rotatable bonds is 7. The number of hydrogen-bond acceptors (Lipinski definition) is 3. The van der Waals surface area contributed by atoms with E-state index in [9.17, 15) is 9.18 Å². The lowest BCUT2D eigenvalue weighted by Gasteiger charge is -2.18. The Kier molecular flexibility index (Phi) is 7.12. The van der Waals surface area contributed by atoms with Gasteiger partial charge >= 0.3 is 0 Å². The molecule has 0 radical (unpaired) electrons. The zero-order chi connectivity index (χ0) is 19.3. The second-order valence-electron chi connectivity index (χ2n) is 5.51. The minimum Gasteiger partial charge on any atom is -0.490 e. The molecule has 26 heavy (non-hydrogen) atoms. The Morgan fingerprint density at radius 2 is 1.73 bits per heavy atom. The van der Waals surface area contributed by atoms with E-state index in [4.69, 9.17) is 32.7 Å². The third-order valence-electron chi connectivity index (χ3n) is 3.67. The Labute approximate surface area is 162 Å². The van der Waals surface area contributed by atoms with Crippen molar-refractivity contribution in [2.24, 2.45) is 0 Å². The van der Waals surface area contributed by atoms with Crippen LogP contribution in [0.15, 0.2) is 30.3 Å². The quantitative estimate of drug-likeness (QED) is 0.632. The predicted molar refractivity (Wildman–Crippen MR) is 101 cm³/mol. The molecule has 2 aromatic carbocycles. The molecule has 4 nitrogen and oxygen atoms in total. The van der Waals surface area contributed by atoms with Crippen molar-refractivity contribution in [2.75, 3.05) is 13.2 Å². The van der Waals surface area contributed by atoms with Crippen molar-refractivity contribution in [3.63, 3.8) is 0 Å². The maximum absolute atomic E-state index is 13.6. The van der Waals surface area contributed by atoms with E-state index in [2.05, 4.69) is 5.32 Å². The molecule has 140 valence electrons. The Morgan fingerprint density at radius 1 is 1.08 bits per heavy atom. The number of nitrogens with one attached hydrogen (secondary N) is 1. The molecule has 1 amide bonds. The van der Waals surface area contributed by atoms with E-state index in [1.54, 1.807) is 6.07 Å². The van der Waals surface area contributed by atoms with Crippen LogP contribution in [-0.2, 0) is 0 Å². The van der Waals surface area contributed by atoms with E-state index >= 15 is 0 Å². The summed E-state index contributed by atoms with van der Waals surface area (Å²) in [5, 5.41) is 2.75. The Balaban J connectivity index is 2.21. The molecule has 0 aliphatic rings. The molecule has 1 atom stereocenters. The van der Waals surface area contributed by atoms with E-state index < -0.39 is 11.7 Å². The maximum Gasteiger partial charge on any atom is 0.253 e. The molecule has 0 aliphatic carbocycles. The van der Waals surface area contributed by atoms with Gasteiger partial charge in [-0.05, 0) is 50.6 Å². The molecular weight excluding hydrogens is 380 g/mol. The van der Waals surface area contributed by atoms with Crippen LogP contribution in [0.4, 0.5) is 4.39 Å². The number of carbonyl (C=O) groups excluding carboxylic acids is 1. The molecule has 0 spiro atoms. The Morgan fingerprint density at radius 3 is 2.38 bits per heavy atom. The summed E-state index contributed by atoms with van der Waals surface area (Å²) in [5.41, 5.74) is 0.840. The van der Waals surface area contributed by atoms with Crippen molar-refractivity contribution in [1.82, 2.24) is 5.32 Å². The molecule has 2 rings (SSSR count). The van der Waals surface area contributed by atoms with Gasteiger partial charge < -0.3 is 14.8 Å². The summed E-state index contributed by atoms with van der Waals surface area (Å²) in [6, 6.07) is 7.32. The van der Waals surface area contributed by atoms with Crippen molar-refractivity contribution in [3.05, 3.63) is 57.3 Å². The van der Waals surface area contributed by atoms with Crippen LogP contribution in [0.1, 0.15) is 42.7 Å². The molecule has 7 heteroatoms. The number of carbonyl (C=O) groups is 1. The van der Waals surface area contributed by atoms with Crippen LogP contribution in [0.25, 0.3) is 0 Å². The van der Waals surface area contributed by atoms with Gasteiger partial charge in [0.25, 0.3) is 5.91 Å². The highest BCUT2D eigenvalue weighted by Crippen LogP contribution is 2.31. The lowest BCUT2D eigenvalue weighted by Crippen LogP contribution is -2.27. The average molecular weight is 400 g/mol. The van der Waals surface area contributed by atoms with Crippen molar-refractivity contribution in [1.29, 1.82) is 0 Å². The monoisotopic (exact) mass is 399 g/mol. The van der Waals surface area contributed by atoms with Crippen molar-refractivity contribution < 1.29 is 18.7 Å². The SMILES string of the molecule is CCOc1ccc(C(C)NC(=O)c2cc(F)c(Cl)cc2Cl)cc1OCC. The fourth-order valence-electron chi connectivity index (χ4n) is 2.39. The zero-order valence-electron chi connectivity index (χ0n) is 14.7. The molecule has 0 saturated heterocycles. The topological polar surface area (TPSA) is 47.6 Å². The number of ether oxygens (including phenoxy) is 2. The summed E-state index contributed by atoms with van der Waals surface area (Å²) in [4.78, 5) is 12.4. The van der Waals surface area contributed by atoms with E-state index in [1.165, 1.54) is 6.07 Å². The number of hydrogen-bond donors (Lipinski definition) is 1. The minimum atomic E-state index is -0.700. The average Bonchev–Trinajstić information content (AvgIpc) is 2.59. The van der Waals surface area contributed by atoms with Gasteiger partial charge in [-0.1, -0.05) is 29.3 Å². The van der Waals surface area contributed by atoms with Gasteiger partial charge in [-0.2, -0.15) is 0 Å². The molecule has 2 aromatic rings. The molecular formula is C19H20Cl2FNO3. The first-order valence-electron chi connectivity index (χ1n) is 8.22. The first kappa shape index (κ1) is 20.3. The summed E-state index contributed by atoms with van der Waals surface area (Å²) < 4.78 is 24.8. The molecule has 1 N–H and O–H groups in total. The normalized spacial score (nSPS) is 11.8. The second-order valence-corrected chi connectivity index (χ2v) is 6.33. The van der Waals surface area contributed by atoms with E-state index in [-0.39, 0.29) is 21.7 Å². The van der Waals surface area contributed by atoms with Gasteiger partial charge in [0.15, 0.2) is 11.5 Å². The van der Waals surface area contributed by atoms with Gasteiger partial charge in [-0.25, -0.2) is 4.39 Å². The van der Waals surface area contributed by atoms with E-state index in [0.29, 0.717) is 24.7 Å². The van der Waals surface area contributed by atoms with Gasteiger partial charge in [-0.3, -0.25) is 4.79 Å². The van der Waals surface area contributed by atoms with Crippen LogP contribution < -0.4 is 14.8 Å². The lowest BCUT2D eigenvalue weighted by atomic mass is 10.1.